The van der Waals surface area contributed by atoms with E-state index in [-0.39, 0.29) is 5.91 Å². The number of carbonyl (C=O) groups excluding carboxylic acids is 1. The van der Waals surface area contributed by atoms with Crippen LogP contribution in [0.4, 0.5) is 5.82 Å². The summed E-state index contributed by atoms with van der Waals surface area (Å²) in [6.45, 7) is 2.48. The number of nitrogen functional groups attached to an aromatic ring is 1. The molecule has 0 aliphatic carbocycles. The van der Waals surface area contributed by atoms with Crippen LogP contribution in [0.5, 0.6) is 0 Å². The number of nitrogens with two attached hydrogens (primary N) is 1. The maximum atomic E-state index is 12.5. The molecule has 0 unspecified atom stereocenters. The molecule has 0 saturated heterocycles. The fourth-order valence-electron chi connectivity index (χ4n) is 3.02. The van der Waals surface area contributed by atoms with Crippen LogP contribution in [0.1, 0.15) is 32.6 Å². The van der Waals surface area contributed by atoms with Gasteiger partial charge in [0.05, 0.1) is 5.56 Å². The Hall–Kier alpha value is -3.62. The zero-order valence-corrected chi connectivity index (χ0v) is 16.7. The van der Waals surface area contributed by atoms with Crippen molar-refractivity contribution in [1.82, 2.24) is 10.3 Å². The molecule has 0 fully saturated rings. The Labute approximate surface area is 173 Å². The number of benzene rings is 2. The van der Waals surface area contributed by atoms with Crippen molar-refractivity contribution < 1.29 is 4.79 Å². The Bertz CT molecular complexity index is 1250. The molecule has 1 amide bonds. The summed E-state index contributed by atoms with van der Waals surface area (Å²) in [5.41, 5.74) is 10.2. The summed E-state index contributed by atoms with van der Waals surface area (Å²) < 4.78 is 0. The van der Waals surface area contributed by atoms with Crippen molar-refractivity contribution in [1.29, 1.82) is 0 Å². The average molecular weight is 398 g/mol. The van der Waals surface area contributed by atoms with Gasteiger partial charge in [-0.25, -0.2) is 4.98 Å². The number of amides is 1. The number of anilines is 1. The standard InChI is InChI=1S/C24H19N3OS/c1-16-6-7-19(24(28)27-13-17-10-11-29-15-17)12-18(16)8-9-22-21-5-3-2-4-20(21)14-26-23(22)25/h2-7,10-12,14-15H,13H2,1H3,(H2,25,26)(H,27,28). The lowest BCUT2D eigenvalue weighted by Crippen LogP contribution is -2.22. The van der Waals surface area contributed by atoms with Crippen molar-refractivity contribution in [3.63, 3.8) is 0 Å². The second-order valence-corrected chi connectivity index (χ2v) is 7.48. The van der Waals surface area contributed by atoms with E-state index in [0.29, 0.717) is 23.5 Å². The van der Waals surface area contributed by atoms with E-state index in [1.54, 1.807) is 17.5 Å². The number of nitrogens with one attached hydrogen (secondary N) is 1. The van der Waals surface area contributed by atoms with E-state index in [1.807, 2.05) is 66.2 Å². The lowest BCUT2D eigenvalue weighted by molar-refractivity contribution is 0.0951. The molecule has 0 saturated carbocycles. The third-order valence-corrected chi connectivity index (χ3v) is 5.42. The number of aromatic nitrogens is 1. The fraction of sp³-hybridized carbons (Fsp3) is 0.0833. The van der Waals surface area contributed by atoms with Crippen molar-refractivity contribution in [2.75, 3.05) is 5.73 Å². The first-order valence-corrected chi connectivity index (χ1v) is 10.1. The summed E-state index contributed by atoms with van der Waals surface area (Å²) >= 11 is 1.61. The van der Waals surface area contributed by atoms with Crippen molar-refractivity contribution in [2.45, 2.75) is 13.5 Å². The van der Waals surface area contributed by atoms with Crippen LogP contribution in [-0.2, 0) is 6.54 Å². The number of pyridine rings is 1. The van der Waals surface area contributed by atoms with Crippen molar-refractivity contribution >= 4 is 33.8 Å². The van der Waals surface area contributed by atoms with Gasteiger partial charge in [-0.05, 0) is 47.0 Å². The summed E-state index contributed by atoms with van der Waals surface area (Å²) in [5.74, 6) is 6.63. The first-order valence-electron chi connectivity index (χ1n) is 9.17. The molecule has 0 radical (unpaired) electrons. The highest BCUT2D eigenvalue weighted by Crippen LogP contribution is 2.21. The van der Waals surface area contributed by atoms with E-state index in [4.69, 9.17) is 5.73 Å². The van der Waals surface area contributed by atoms with Gasteiger partial charge in [-0.2, -0.15) is 11.3 Å². The van der Waals surface area contributed by atoms with Gasteiger partial charge >= 0.3 is 0 Å². The molecular weight excluding hydrogens is 378 g/mol. The Morgan fingerprint density at radius 3 is 2.86 bits per heavy atom. The third-order valence-electron chi connectivity index (χ3n) is 4.68. The first-order chi connectivity index (χ1) is 14.1. The molecule has 2 heterocycles. The molecule has 142 valence electrons. The molecule has 29 heavy (non-hydrogen) atoms. The van der Waals surface area contributed by atoms with Crippen LogP contribution in [-0.4, -0.2) is 10.9 Å². The van der Waals surface area contributed by atoms with E-state index in [2.05, 4.69) is 22.1 Å². The maximum Gasteiger partial charge on any atom is 0.251 e. The largest absolute Gasteiger partial charge is 0.383 e. The SMILES string of the molecule is Cc1ccc(C(=O)NCc2ccsc2)cc1C#Cc1c(N)ncc2ccccc12. The summed E-state index contributed by atoms with van der Waals surface area (Å²) in [6, 6.07) is 15.4. The normalized spacial score (nSPS) is 10.4. The number of nitrogens with zero attached hydrogens (tertiary/aromatic N) is 1. The van der Waals surface area contributed by atoms with Gasteiger partial charge in [0.25, 0.3) is 5.91 Å². The number of aryl methyl sites for hydroxylation is 1. The molecule has 2 aromatic carbocycles. The van der Waals surface area contributed by atoms with E-state index in [0.717, 1.165) is 27.5 Å². The minimum atomic E-state index is -0.120. The molecule has 2 aromatic heterocycles. The number of fused-ring (bicyclic) bond motifs is 1. The molecule has 5 heteroatoms. The van der Waals surface area contributed by atoms with Crippen molar-refractivity contribution in [3.8, 4) is 11.8 Å². The van der Waals surface area contributed by atoms with Gasteiger partial charge in [0.1, 0.15) is 5.82 Å². The number of hydrogen-bond donors (Lipinski definition) is 2. The zero-order valence-electron chi connectivity index (χ0n) is 15.9. The van der Waals surface area contributed by atoms with Gasteiger partial charge in [0.15, 0.2) is 0 Å². The third kappa shape index (κ3) is 4.13. The fourth-order valence-corrected chi connectivity index (χ4v) is 3.68. The highest BCUT2D eigenvalue weighted by atomic mass is 32.1. The molecule has 4 nitrogen and oxygen atoms in total. The van der Waals surface area contributed by atoms with E-state index in [1.165, 1.54) is 0 Å². The Morgan fingerprint density at radius 2 is 2.03 bits per heavy atom. The molecule has 0 bridgehead atoms. The van der Waals surface area contributed by atoms with E-state index >= 15 is 0 Å². The van der Waals surface area contributed by atoms with Crippen LogP contribution in [0.3, 0.4) is 0 Å². The van der Waals surface area contributed by atoms with Crippen molar-refractivity contribution in [2.24, 2.45) is 0 Å². The molecule has 0 spiro atoms. The topological polar surface area (TPSA) is 68.0 Å². The predicted octanol–water partition coefficient (Wildman–Crippen LogP) is 4.52. The first kappa shape index (κ1) is 18.7. The summed E-state index contributed by atoms with van der Waals surface area (Å²) in [5, 5.41) is 8.92. The monoisotopic (exact) mass is 397 g/mol. The van der Waals surface area contributed by atoms with Crippen LogP contribution in [0.15, 0.2) is 65.5 Å². The van der Waals surface area contributed by atoms with E-state index < -0.39 is 0 Å². The predicted molar refractivity (Wildman–Crippen MR) is 119 cm³/mol. The van der Waals surface area contributed by atoms with Crippen LogP contribution in [0.25, 0.3) is 10.8 Å². The highest BCUT2D eigenvalue weighted by Gasteiger charge is 2.08. The number of carbonyl (C=O) groups is 1. The number of thiophene rings is 1. The molecular formula is C24H19N3OS. The van der Waals surface area contributed by atoms with Gasteiger partial charge in [-0.15, -0.1) is 0 Å². The van der Waals surface area contributed by atoms with Crippen LogP contribution in [0, 0.1) is 18.8 Å². The van der Waals surface area contributed by atoms with Gasteiger partial charge in [0, 0.05) is 34.6 Å². The van der Waals surface area contributed by atoms with Crippen LogP contribution >= 0.6 is 11.3 Å². The van der Waals surface area contributed by atoms with Crippen LogP contribution in [0.2, 0.25) is 0 Å². The second kappa shape index (κ2) is 8.17. The van der Waals surface area contributed by atoms with Crippen LogP contribution < -0.4 is 11.1 Å². The minimum Gasteiger partial charge on any atom is -0.383 e. The molecule has 0 atom stereocenters. The molecule has 3 N–H and O–H groups in total. The van der Waals surface area contributed by atoms with Crippen molar-refractivity contribution in [3.05, 3.63) is 93.3 Å². The summed E-state index contributed by atoms with van der Waals surface area (Å²) in [4.78, 5) is 16.8. The van der Waals surface area contributed by atoms with Gasteiger partial charge in [-0.3, -0.25) is 4.79 Å². The highest BCUT2D eigenvalue weighted by molar-refractivity contribution is 7.07. The average Bonchev–Trinajstić information content (AvgIpc) is 3.26. The summed E-state index contributed by atoms with van der Waals surface area (Å²) in [6.07, 6.45) is 1.75. The Kier molecular flexibility index (Phi) is 5.28. The zero-order chi connectivity index (χ0) is 20.2. The smallest absolute Gasteiger partial charge is 0.251 e. The van der Waals surface area contributed by atoms with Gasteiger partial charge < -0.3 is 11.1 Å². The Morgan fingerprint density at radius 1 is 1.17 bits per heavy atom. The van der Waals surface area contributed by atoms with Gasteiger partial charge in [0.2, 0.25) is 0 Å². The lowest BCUT2D eigenvalue weighted by Gasteiger charge is -2.06. The minimum absolute atomic E-state index is 0.120. The molecule has 0 aliphatic heterocycles. The van der Waals surface area contributed by atoms with Gasteiger partial charge in [-0.1, -0.05) is 42.2 Å². The molecule has 4 rings (SSSR count). The Balaban J connectivity index is 1.63. The quantitative estimate of drug-likeness (QED) is 0.500. The molecule has 0 aliphatic rings. The maximum absolute atomic E-state index is 12.5. The number of rotatable bonds is 3. The number of hydrogen-bond acceptors (Lipinski definition) is 4. The second-order valence-electron chi connectivity index (χ2n) is 6.70. The lowest BCUT2D eigenvalue weighted by atomic mass is 10.0. The summed E-state index contributed by atoms with van der Waals surface area (Å²) in [7, 11) is 0. The van der Waals surface area contributed by atoms with E-state index in [9.17, 15) is 4.79 Å². The molecule has 4 aromatic rings.